The Kier molecular flexibility index (Phi) is 6.83. The van der Waals surface area contributed by atoms with Gasteiger partial charge in [-0.25, -0.2) is 4.99 Å². The van der Waals surface area contributed by atoms with E-state index in [1.54, 1.807) is 0 Å². The maximum absolute atomic E-state index is 5.79. The van der Waals surface area contributed by atoms with Crippen molar-refractivity contribution < 1.29 is 9.47 Å². The van der Waals surface area contributed by atoms with E-state index in [9.17, 15) is 0 Å². The number of guanidine groups is 1. The van der Waals surface area contributed by atoms with Crippen molar-refractivity contribution >= 4 is 5.96 Å². The van der Waals surface area contributed by atoms with Crippen LogP contribution in [-0.2, 0) is 6.54 Å². The Morgan fingerprint density at radius 2 is 2.00 bits per heavy atom. The summed E-state index contributed by atoms with van der Waals surface area (Å²) < 4.78 is 11.5. The summed E-state index contributed by atoms with van der Waals surface area (Å²) in [6.07, 6.45) is 0.920. The van der Waals surface area contributed by atoms with E-state index in [4.69, 9.17) is 14.5 Å². The SMILES string of the molecule is CCNC(=NCc1ccc2c(c1)OCCCO2)NC1CN(C(C)C)CC1C. The first-order valence-electron chi connectivity index (χ1n) is 10.2. The summed E-state index contributed by atoms with van der Waals surface area (Å²) in [5.41, 5.74) is 1.12. The number of hydrogen-bond acceptors (Lipinski definition) is 4. The van der Waals surface area contributed by atoms with Crippen molar-refractivity contribution in [2.75, 3.05) is 32.8 Å². The summed E-state index contributed by atoms with van der Waals surface area (Å²) in [4.78, 5) is 7.33. The van der Waals surface area contributed by atoms with Crippen molar-refractivity contribution in [2.24, 2.45) is 10.9 Å². The number of benzene rings is 1. The number of fused-ring (bicyclic) bond motifs is 1. The van der Waals surface area contributed by atoms with Gasteiger partial charge in [-0.1, -0.05) is 13.0 Å². The molecule has 6 nitrogen and oxygen atoms in total. The molecule has 0 radical (unpaired) electrons. The highest BCUT2D eigenvalue weighted by atomic mass is 16.5. The predicted molar refractivity (Wildman–Crippen MR) is 110 cm³/mol. The molecule has 2 unspecified atom stereocenters. The van der Waals surface area contributed by atoms with Crippen LogP contribution in [-0.4, -0.2) is 55.8 Å². The summed E-state index contributed by atoms with van der Waals surface area (Å²) in [7, 11) is 0. The second-order valence-electron chi connectivity index (χ2n) is 7.80. The summed E-state index contributed by atoms with van der Waals surface area (Å²) in [5.74, 6) is 3.15. The third-order valence-corrected chi connectivity index (χ3v) is 5.27. The van der Waals surface area contributed by atoms with Crippen LogP contribution in [0, 0.1) is 5.92 Å². The zero-order valence-electron chi connectivity index (χ0n) is 17.1. The lowest BCUT2D eigenvalue weighted by Crippen LogP contribution is -2.46. The molecule has 0 saturated carbocycles. The Hall–Kier alpha value is -1.95. The number of aliphatic imine (C=N–C) groups is 1. The summed E-state index contributed by atoms with van der Waals surface area (Å²) in [5, 5.41) is 7.02. The molecule has 1 fully saturated rings. The molecule has 1 aromatic carbocycles. The lowest BCUT2D eigenvalue weighted by Gasteiger charge is -2.22. The minimum atomic E-state index is 0.425. The summed E-state index contributed by atoms with van der Waals surface area (Å²) in [6.45, 7) is 14.0. The number of nitrogens with one attached hydrogen (secondary N) is 2. The van der Waals surface area contributed by atoms with Gasteiger partial charge in [-0.15, -0.1) is 0 Å². The van der Waals surface area contributed by atoms with Crippen LogP contribution in [0.25, 0.3) is 0 Å². The molecule has 27 heavy (non-hydrogen) atoms. The average Bonchev–Trinajstić information content (AvgIpc) is 2.87. The van der Waals surface area contributed by atoms with Crippen LogP contribution in [0.2, 0.25) is 0 Å². The number of ether oxygens (including phenoxy) is 2. The molecule has 2 aliphatic rings. The minimum Gasteiger partial charge on any atom is -0.490 e. The largest absolute Gasteiger partial charge is 0.490 e. The molecule has 0 amide bonds. The molecule has 1 saturated heterocycles. The van der Waals surface area contributed by atoms with Gasteiger partial charge in [-0.2, -0.15) is 0 Å². The fraction of sp³-hybridized carbons (Fsp3) is 0.667. The zero-order valence-corrected chi connectivity index (χ0v) is 17.1. The van der Waals surface area contributed by atoms with Crippen LogP contribution in [0.15, 0.2) is 23.2 Å². The Labute approximate surface area is 163 Å². The molecule has 2 aliphatic heterocycles. The molecule has 2 atom stereocenters. The lowest BCUT2D eigenvalue weighted by molar-refractivity contribution is 0.265. The van der Waals surface area contributed by atoms with Crippen LogP contribution in [0.1, 0.15) is 39.7 Å². The Morgan fingerprint density at radius 1 is 1.22 bits per heavy atom. The molecule has 3 rings (SSSR count). The molecule has 2 heterocycles. The van der Waals surface area contributed by atoms with Crippen LogP contribution in [0.5, 0.6) is 11.5 Å². The highest BCUT2D eigenvalue weighted by Gasteiger charge is 2.31. The average molecular weight is 375 g/mol. The second kappa shape index (κ2) is 9.31. The molecule has 1 aromatic rings. The molecular weight excluding hydrogens is 340 g/mol. The Morgan fingerprint density at radius 3 is 2.70 bits per heavy atom. The highest BCUT2D eigenvalue weighted by molar-refractivity contribution is 5.80. The number of hydrogen-bond donors (Lipinski definition) is 2. The fourth-order valence-corrected chi connectivity index (χ4v) is 3.59. The normalized spacial score (nSPS) is 23.4. The van der Waals surface area contributed by atoms with Crippen molar-refractivity contribution in [3.05, 3.63) is 23.8 Å². The van der Waals surface area contributed by atoms with Gasteiger partial charge in [-0.3, -0.25) is 4.90 Å². The van der Waals surface area contributed by atoms with Crippen molar-refractivity contribution in [1.82, 2.24) is 15.5 Å². The third kappa shape index (κ3) is 5.28. The van der Waals surface area contributed by atoms with Crippen molar-refractivity contribution in [3.8, 4) is 11.5 Å². The minimum absolute atomic E-state index is 0.425. The summed E-state index contributed by atoms with van der Waals surface area (Å²) in [6, 6.07) is 7.12. The molecule has 0 spiro atoms. The van der Waals surface area contributed by atoms with Gasteiger partial charge >= 0.3 is 0 Å². The van der Waals surface area contributed by atoms with E-state index in [-0.39, 0.29) is 0 Å². The van der Waals surface area contributed by atoms with Crippen molar-refractivity contribution in [1.29, 1.82) is 0 Å². The van der Waals surface area contributed by atoms with Crippen LogP contribution >= 0.6 is 0 Å². The van der Waals surface area contributed by atoms with E-state index in [1.165, 1.54) is 0 Å². The quantitative estimate of drug-likeness (QED) is 0.613. The van der Waals surface area contributed by atoms with Gasteiger partial charge in [0.1, 0.15) is 0 Å². The lowest BCUT2D eigenvalue weighted by atomic mass is 10.1. The zero-order chi connectivity index (χ0) is 19.2. The van der Waals surface area contributed by atoms with Gasteiger partial charge in [-0.05, 0) is 44.4 Å². The van der Waals surface area contributed by atoms with Crippen molar-refractivity contribution in [3.63, 3.8) is 0 Å². The van der Waals surface area contributed by atoms with Crippen LogP contribution in [0.3, 0.4) is 0 Å². The van der Waals surface area contributed by atoms with Crippen molar-refractivity contribution in [2.45, 2.75) is 52.7 Å². The number of rotatable bonds is 5. The molecule has 6 heteroatoms. The first-order valence-corrected chi connectivity index (χ1v) is 10.2. The van der Waals surface area contributed by atoms with E-state index in [1.807, 2.05) is 12.1 Å². The second-order valence-corrected chi connectivity index (χ2v) is 7.80. The van der Waals surface area contributed by atoms with E-state index in [2.05, 4.69) is 49.3 Å². The van der Waals surface area contributed by atoms with E-state index >= 15 is 0 Å². The van der Waals surface area contributed by atoms with Gasteiger partial charge < -0.3 is 20.1 Å². The fourth-order valence-electron chi connectivity index (χ4n) is 3.59. The van der Waals surface area contributed by atoms with E-state index in [0.717, 1.165) is 49.1 Å². The molecule has 0 aromatic heterocycles. The molecular formula is C21H34N4O2. The molecule has 2 N–H and O–H groups in total. The Bertz CT molecular complexity index is 647. The van der Waals surface area contributed by atoms with E-state index < -0.39 is 0 Å². The van der Waals surface area contributed by atoms with E-state index in [0.29, 0.717) is 37.8 Å². The first-order chi connectivity index (χ1) is 13.1. The standard InChI is InChI=1S/C21H34N4O2/c1-5-22-21(24-18-14-25(15(2)3)13-16(18)4)23-12-17-7-8-19-20(11-17)27-10-6-9-26-19/h7-8,11,15-16,18H,5-6,9-10,12-14H2,1-4H3,(H2,22,23,24). The molecule has 150 valence electrons. The highest BCUT2D eigenvalue weighted by Crippen LogP contribution is 2.30. The van der Waals surface area contributed by atoms with Gasteiger partial charge in [0, 0.05) is 38.1 Å². The van der Waals surface area contributed by atoms with Gasteiger partial charge in [0.15, 0.2) is 17.5 Å². The smallest absolute Gasteiger partial charge is 0.191 e. The monoisotopic (exact) mass is 374 g/mol. The Balaban J connectivity index is 1.65. The van der Waals surface area contributed by atoms with Gasteiger partial charge in [0.2, 0.25) is 0 Å². The first kappa shape index (κ1) is 19.8. The number of nitrogens with zero attached hydrogens (tertiary/aromatic N) is 2. The maximum Gasteiger partial charge on any atom is 0.191 e. The van der Waals surface area contributed by atoms with Crippen LogP contribution < -0.4 is 20.1 Å². The van der Waals surface area contributed by atoms with Crippen LogP contribution in [0.4, 0.5) is 0 Å². The third-order valence-electron chi connectivity index (χ3n) is 5.27. The topological polar surface area (TPSA) is 58.1 Å². The molecule has 0 aliphatic carbocycles. The van der Waals surface area contributed by atoms with Gasteiger partial charge in [0.05, 0.1) is 19.8 Å². The molecule has 0 bridgehead atoms. The van der Waals surface area contributed by atoms with Gasteiger partial charge in [0.25, 0.3) is 0 Å². The number of likely N-dealkylation sites (tertiary alicyclic amines) is 1. The maximum atomic E-state index is 5.79. The summed E-state index contributed by atoms with van der Waals surface area (Å²) >= 11 is 0. The predicted octanol–water partition coefficient (Wildman–Crippen LogP) is 2.63.